The summed E-state index contributed by atoms with van der Waals surface area (Å²) in [7, 11) is -3.47. The van der Waals surface area contributed by atoms with Gasteiger partial charge in [0.1, 0.15) is 14.8 Å². The summed E-state index contributed by atoms with van der Waals surface area (Å²) in [6.45, 7) is 5.20. The number of hydrogen-bond donors (Lipinski definition) is 3. The Morgan fingerprint density at radius 1 is 1.43 bits per heavy atom. The Morgan fingerprint density at radius 2 is 2.17 bits per heavy atom. The zero-order valence-corrected chi connectivity index (χ0v) is 19.0. The summed E-state index contributed by atoms with van der Waals surface area (Å²) >= 11 is 0.992. The number of nitrogens with two attached hydrogens (primary N) is 1. The van der Waals surface area contributed by atoms with Gasteiger partial charge in [-0.3, -0.25) is 4.98 Å². The van der Waals surface area contributed by atoms with Gasteiger partial charge < -0.3 is 10.4 Å². The Bertz CT molecular complexity index is 1120. The largest absolute Gasteiger partial charge is 0.383 e. The predicted octanol–water partition coefficient (Wildman–Crippen LogP) is 3.63. The maximum absolute atomic E-state index is 12.9. The maximum atomic E-state index is 12.9. The second-order valence-corrected chi connectivity index (χ2v) is 11.4. The van der Waals surface area contributed by atoms with Gasteiger partial charge in [-0.2, -0.15) is 0 Å². The Labute approximate surface area is 180 Å². The van der Waals surface area contributed by atoms with Crippen molar-refractivity contribution >= 4 is 33.0 Å². The van der Waals surface area contributed by atoms with E-state index in [0.29, 0.717) is 10.9 Å². The number of nitrogens with zero attached hydrogens (tertiary/aromatic N) is 3. The molecule has 4 N–H and O–H groups in total. The fourth-order valence-corrected chi connectivity index (χ4v) is 5.89. The Balaban J connectivity index is 1.67. The van der Waals surface area contributed by atoms with Crippen LogP contribution >= 0.6 is 11.3 Å². The van der Waals surface area contributed by atoms with Crippen LogP contribution in [0.1, 0.15) is 73.5 Å². The SMILES string of the molecule is CCc1c(C2CC2)nc2c(c1NC(=O)N=[S@](N)(=O)c1cnc(C(C)(C)O)s1)CCC2. The third kappa shape index (κ3) is 4.14. The molecule has 1 saturated carbocycles. The van der Waals surface area contributed by atoms with E-state index in [2.05, 4.69) is 21.6 Å². The molecule has 2 heterocycles. The first kappa shape index (κ1) is 21.4. The lowest BCUT2D eigenvalue weighted by atomic mass is 10.00. The minimum atomic E-state index is -3.47. The van der Waals surface area contributed by atoms with Crippen LogP contribution in [0, 0.1) is 0 Å². The molecule has 10 heteroatoms. The van der Waals surface area contributed by atoms with Crippen LogP contribution in [0.2, 0.25) is 0 Å². The van der Waals surface area contributed by atoms with Crippen molar-refractivity contribution in [2.24, 2.45) is 9.50 Å². The van der Waals surface area contributed by atoms with Gasteiger partial charge in [-0.15, -0.1) is 15.7 Å². The average Bonchev–Trinajstić information content (AvgIpc) is 3.16. The van der Waals surface area contributed by atoms with Gasteiger partial charge in [-0.25, -0.2) is 19.1 Å². The first-order valence-corrected chi connectivity index (χ1v) is 12.6. The number of carbonyl (C=O) groups is 1. The molecule has 2 aromatic rings. The number of aromatic nitrogens is 2. The molecule has 0 saturated heterocycles. The van der Waals surface area contributed by atoms with Crippen LogP contribution in [-0.4, -0.2) is 25.3 Å². The molecular weight excluding hydrogens is 422 g/mol. The van der Waals surface area contributed by atoms with Crippen molar-refractivity contribution in [1.29, 1.82) is 0 Å². The molecule has 1 fully saturated rings. The molecule has 2 amide bonds. The van der Waals surface area contributed by atoms with E-state index < -0.39 is 21.5 Å². The molecule has 1 atom stereocenters. The van der Waals surface area contributed by atoms with Crippen molar-refractivity contribution in [1.82, 2.24) is 9.97 Å². The van der Waals surface area contributed by atoms with E-state index in [4.69, 9.17) is 10.1 Å². The van der Waals surface area contributed by atoms with Crippen molar-refractivity contribution in [2.45, 2.75) is 75.0 Å². The minimum absolute atomic E-state index is 0.157. The van der Waals surface area contributed by atoms with Gasteiger partial charge in [-0.05, 0) is 63.5 Å². The number of amides is 2. The van der Waals surface area contributed by atoms with Gasteiger partial charge in [0.2, 0.25) is 0 Å². The molecule has 30 heavy (non-hydrogen) atoms. The van der Waals surface area contributed by atoms with E-state index in [1.807, 2.05) is 0 Å². The monoisotopic (exact) mass is 449 g/mol. The zero-order chi connectivity index (χ0) is 21.7. The molecule has 0 radical (unpaired) electrons. The normalized spacial score (nSPS) is 18.0. The number of hydrogen-bond acceptors (Lipinski definition) is 6. The number of nitrogens with one attached hydrogen (secondary N) is 1. The predicted molar refractivity (Wildman–Crippen MR) is 117 cm³/mol. The topological polar surface area (TPSA) is 131 Å². The lowest BCUT2D eigenvalue weighted by Gasteiger charge is -2.17. The molecular formula is C20H27N5O3S2. The number of pyridine rings is 1. The van der Waals surface area contributed by atoms with Crippen molar-refractivity contribution in [3.8, 4) is 0 Å². The lowest BCUT2D eigenvalue weighted by molar-refractivity contribution is 0.0783. The van der Waals surface area contributed by atoms with Gasteiger partial charge in [0.15, 0.2) is 9.92 Å². The van der Waals surface area contributed by atoms with Crippen LogP contribution in [0.5, 0.6) is 0 Å². The van der Waals surface area contributed by atoms with E-state index in [1.54, 1.807) is 13.8 Å². The second kappa shape index (κ2) is 7.67. The molecule has 4 rings (SSSR count). The number of aliphatic hydroxyl groups is 1. The number of carbonyl (C=O) groups excluding carboxylic acids is 1. The van der Waals surface area contributed by atoms with Gasteiger partial charge in [0.05, 0.1) is 11.9 Å². The van der Waals surface area contributed by atoms with Crippen molar-refractivity contribution in [3.63, 3.8) is 0 Å². The van der Waals surface area contributed by atoms with Crippen LogP contribution in [0.25, 0.3) is 0 Å². The van der Waals surface area contributed by atoms with Crippen LogP contribution in [0.15, 0.2) is 14.8 Å². The second-order valence-electron chi connectivity index (χ2n) is 8.39. The van der Waals surface area contributed by atoms with E-state index >= 15 is 0 Å². The van der Waals surface area contributed by atoms with Gasteiger partial charge in [-0.1, -0.05) is 6.92 Å². The number of rotatable bonds is 5. The molecule has 2 aromatic heterocycles. The van der Waals surface area contributed by atoms with Crippen molar-refractivity contribution in [2.75, 3.05) is 5.32 Å². The fraction of sp³-hybridized carbons (Fsp3) is 0.550. The minimum Gasteiger partial charge on any atom is -0.383 e. The van der Waals surface area contributed by atoms with Crippen molar-refractivity contribution in [3.05, 3.63) is 33.7 Å². The highest BCUT2D eigenvalue weighted by molar-refractivity contribution is 7.93. The maximum Gasteiger partial charge on any atom is 0.354 e. The highest BCUT2D eigenvalue weighted by atomic mass is 32.2. The molecule has 2 aliphatic rings. The molecule has 8 nitrogen and oxygen atoms in total. The van der Waals surface area contributed by atoms with E-state index in [1.165, 1.54) is 6.20 Å². The quantitative estimate of drug-likeness (QED) is 0.641. The summed E-state index contributed by atoms with van der Waals surface area (Å²) in [5, 5.41) is 19.2. The van der Waals surface area contributed by atoms with Crippen LogP contribution in [-0.2, 0) is 34.8 Å². The van der Waals surface area contributed by atoms with Crippen molar-refractivity contribution < 1.29 is 14.1 Å². The van der Waals surface area contributed by atoms with Gasteiger partial charge in [0, 0.05) is 17.3 Å². The van der Waals surface area contributed by atoms with E-state index in [-0.39, 0.29) is 4.21 Å². The number of aryl methyl sites for hydroxylation is 1. The number of anilines is 1. The fourth-order valence-electron chi connectivity index (χ4n) is 3.82. The molecule has 0 bridgehead atoms. The molecule has 0 aromatic carbocycles. The van der Waals surface area contributed by atoms with Gasteiger partial charge in [0.25, 0.3) is 0 Å². The van der Waals surface area contributed by atoms with Gasteiger partial charge >= 0.3 is 6.03 Å². The number of fused-ring (bicyclic) bond motifs is 1. The third-order valence-corrected chi connectivity index (χ3v) is 8.61. The highest BCUT2D eigenvalue weighted by Gasteiger charge is 2.32. The summed E-state index contributed by atoms with van der Waals surface area (Å²) in [5.74, 6) is 0.467. The smallest absolute Gasteiger partial charge is 0.354 e. The summed E-state index contributed by atoms with van der Waals surface area (Å²) in [5.41, 5.74) is 3.83. The third-order valence-electron chi connectivity index (χ3n) is 5.42. The first-order chi connectivity index (χ1) is 14.1. The summed E-state index contributed by atoms with van der Waals surface area (Å²) in [6.07, 6.45) is 7.09. The zero-order valence-electron chi connectivity index (χ0n) is 17.4. The molecule has 0 unspecified atom stereocenters. The van der Waals surface area contributed by atoms with Crippen LogP contribution < -0.4 is 10.5 Å². The molecule has 162 valence electrons. The highest BCUT2D eigenvalue weighted by Crippen LogP contribution is 2.45. The standard InChI is InChI=1S/C20H27N5O3S2/c1-4-12-16(11-8-9-11)23-14-7-5-6-13(14)17(12)24-19(26)25-30(21,28)15-10-22-18(29-15)20(2,3)27/h10-11,27H,4-9H2,1-3H3,(H3,21,23,24,25,26,28)/t30-/m0/s1. The summed E-state index contributed by atoms with van der Waals surface area (Å²) in [4.78, 5) is 21.7. The van der Waals surface area contributed by atoms with E-state index in [9.17, 15) is 14.1 Å². The average molecular weight is 450 g/mol. The number of thiazole rings is 1. The molecule has 0 spiro atoms. The number of urea groups is 1. The summed E-state index contributed by atoms with van der Waals surface area (Å²) in [6, 6.07) is -0.738. The Kier molecular flexibility index (Phi) is 5.46. The lowest BCUT2D eigenvalue weighted by Crippen LogP contribution is -2.19. The van der Waals surface area contributed by atoms with Crippen LogP contribution in [0.4, 0.5) is 10.5 Å². The summed E-state index contributed by atoms with van der Waals surface area (Å²) < 4.78 is 16.9. The first-order valence-electron chi connectivity index (χ1n) is 10.2. The Hall–Kier alpha value is -1.88. The van der Waals surface area contributed by atoms with Crippen LogP contribution in [0.3, 0.4) is 0 Å². The van der Waals surface area contributed by atoms with E-state index in [0.717, 1.165) is 78.1 Å². The molecule has 2 aliphatic carbocycles. The molecule has 0 aliphatic heterocycles. The Morgan fingerprint density at radius 3 is 2.77 bits per heavy atom.